The van der Waals surface area contributed by atoms with Crippen molar-refractivity contribution in [1.82, 2.24) is 4.98 Å². The van der Waals surface area contributed by atoms with Crippen LogP contribution in [0.25, 0.3) is 0 Å². The van der Waals surface area contributed by atoms with Gasteiger partial charge in [0.2, 0.25) is 0 Å². The lowest BCUT2D eigenvalue weighted by atomic mass is 10.1. The quantitative estimate of drug-likeness (QED) is 0.863. The highest BCUT2D eigenvalue weighted by molar-refractivity contribution is 6.04. The van der Waals surface area contributed by atoms with E-state index in [2.05, 4.69) is 9.88 Å². The van der Waals surface area contributed by atoms with E-state index in [0.717, 1.165) is 24.5 Å². The Morgan fingerprint density at radius 2 is 1.83 bits per heavy atom. The van der Waals surface area contributed by atoms with Crippen LogP contribution in [0.1, 0.15) is 36.7 Å². The number of para-hydroxylation sites is 1. The first kappa shape index (κ1) is 15.5. The highest BCUT2D eigenvalue weighted by Gasteiger charge is 2.18. The Kier molecular flexibility index (Phi) is 4.91. The van der Waals surface area contributed by atoms with Crippen LogP contribution in [0.2, 0.25) is 0 Å². The van der Waals surface area contributed by atoms with Crippen molar-refractivity contribution in [3.63, 3.8) is 0 Å². The number of aromatic nitrogens is 1. The second-order valence-electron chi connectivity index (χ2n) is 5.83. The van der Waals surface area contributed by atoms with Crippen molar-refractivity contribution in [3.8, 4) is 0 Å². The number of carbonyl (C=O) groups excluding carboxylic acids is 1. The summed E-state index contributed by atoms with van der Waals surface area (Å²) in [4.78, 5) is 21.2. The van der Waals surface area contributed by atoms with E-state index >= 15 is 0 Å². The van der Waals surface area contributed by atoms with Crippen molar-refractivity contribution in [3.05, 3.63) is 54.4 Å². The monoisotopic (exact) mass is 309 g/mol. The van der Waals surface area contributed by atoms with E-state index in [-0.39, 0.29) is 5.91 Å². The van der Waals surface area contributed by atoms with Crippen LogP contribution in [-0.4, -0.2) is 30.5 Å². The fourth-order valence-electron chi connectivity index (χ4n) is 3.04. The zero-order valence-corrected chi connectivity index (χ0v) is 13.6. The van der Waals surface area contributed by atoms with E-state index in [0.29, 0.717) is 12.2 Å². The van der Waals surface area contributed by atoms with Crippen LogP contribution in [0, 0.1) is 0 Å². The van der Waals surface area contributed by atoms with E-state index in [4.69, 9.17) is 0 Å². The summed E-state index contributed by atoms with van der Waals surface area (Å²) in [5, 5.41) is 0. The zero-order valence-electron chi connectivity index (χ0n) is 13.6. The van der Waals surface area contributed by atoms with Crippen molar-refractivity contribution in [2.24, 2.45) is 0 Å². The molecular weight excluding hydrogens is 286 g/mol. The van der Waals surface area contributed by atoms with Crippen LogP contribution < -0.4 is 9.80 Å². The topological polar surface area (TPSA) is 36.4 Å². The highest BCUT2D eigenvalue weighted by atomic mass is 16.2. The molecule has 2 aromatic rings. The van der Waals surface area contributed by atoms with Crippen molar-refractivity contribution >= 4 is 17.3 Å². The lowest BCUT2D eigenvalue weighted by molar-refractivity contribution is 0.0983. The summed E-state index contributed by atoms with van der Waals surface area (Å²) in [6.45, 7) is 4.77. The van der Waals surface area contributed by atoms with Crippen molar-refractivity contribution in [2.75, 3.05) is 29.4 Å². The van der Waals surface area contributed by atoms with Gasteiger partial charge >= 0.3 is 0 Å². The summed E-state index contributed by atoms with van der Waals surface area (Å²) < 4.78 is 0. The van der Waals surface area contributed by atoms with Crippen molar-refractivity contribution in [1.29, 1.82) is 0 Å². The van der Waals surface area contributed by atoms with Crippen LogP contribution in [0.3, 0.4) is 0 Å². The Balaban J connectivity index is 1.76. The molecule has 1 aliphatic rings. The predicted octanol–water partition coefficient (Wildman–Crippen LogP) is 3.74. The predicted molar refractivity (Wildman–Crippen MR) is 94.1 cm³/mol. The summed E-state index contributed by atoms with van der Waals surface area (Å²) in [5.74, 6) is -0.0519. The van der Waals surface area contributed by atoms with Gasteiger partial charge in [-0.05, 0) is 50.5 Å². The van der Waals surface area contributed by atoms with Gasteiger partial charge in [0.25, 0.3) is 5.91 Å². The largest absolute Gasteiger partial charge is 0.370 e. The SMILES string of the molecule is CCN(C(=O)c1ccc(N2CCCCC2)cn1)c1ccccc1. The molecule has 0 N–H and O–H groups in total. The summed E-state index contributed by atoms with van der Waals surface area (Å²) in [6, 6.07) is 13.6. The Bertz CT molecular complexity index is 633. The van der Waals surface area contributed by atoms with E-state index in [9.17, 15) is 4.79 Å². The molecule has 1 aliphatic heterocycles. The molecule has 1 saturated heterocycles. The maximum Gasteiger partial charge on any atom is 0.276 e. The maximum absolute atomic E-state index is 12.7. The third kappa shape index (κ3) is 3.52. The van der Waals surface area contributed by atoms with E-state index in [1.54, 1.807) is 4.90 Å². The number of hydrogen-bond acceptors (Lipinski definition) is 3. The second-order valence-corrected chi connectivity index (χ2v) is 5.83. The molecule has 1 aromatic carbocycles. The Morgan fingerprint density at radius 1 is 1.09 bits per heavy atom. The summed E-state index contributed by atoms with van der Waals surface area (Å²) in [7, 11) is 0. The fourth-order valence-corrected chi connectivity index (χ4v) is 3.04. The number of nitrogens with zero attached hydrogens (tertiary/aromatic N) is 3. The third-order valence-electron chi connectivity index (χ3n) is 4.32. The molecular formula is C19H23N3O. The first-order chi connectivity index (χ1) is 11.3. The lowest BCUT2D eigenvalue weighted by Gasteiger charge is -2.28. The Morgan fingerprint density at radius 3 is 2.43 bits per heavy atom. The van der Waals surface area contributed by atoms with Gasteiger partial charge in [0, 0.05) is 25.3 Å². The molecule has 0 aliphatic carbocycles. The summed E-state index contributed by atoms with van der Waals surface area (Å²) in [6.07, 6.45) is 5.61. The number of hydrogen-bond donors (Lipinski definition) is 0. The van der Waals surface area contributed by atoms with Gasteiger partial charge in [-0.15, -0.1) is 0 Å². The van der Waals surface area contributed by atoms with Crippen LogP contribution in [0.4, 0.5) is 11.4 Å². The number of benzene rings is 1. The van der Waals surface area contributed by atoms with E-state index < -0.39 is 0 Å². The van der Waals surface area contributed by atoms with Gasteiger partial charge in [0.1, 0.15) is 5.69 Å². The van der Waals surface area contributed by atoms with E-state index in [1.807, 2.05) is 55.6 Å². The number of carbonyl (C=O) groups is 1. The molecule has 3 rings (SSSR count). The van der Waals surface area contributed by atoms with Gasteiger partial charge in [-0.2, -0.15) is 0 Å². The molecule has 0 unspecified atom stereocenters. The number of amides is 1. The van der Waals surface area contributed by atoms with Crippen molar-refractivity contribution in [2.45, 2.75) is 26.2 Å². The Hall–Kier alpha value is -2.36. The average molecular weight is 309 g/mol. The average Bonchev–Trinajstić information content (AvgIpc) is 2.64. The van der Waals surface area contributed by atoms with Gasteiger partial charge < -0.3 is 9.80 Å². The molecule has 0 spiro atoms. The minimum atomic E-state index is -0.0519. The first-order valence-electron chi connectivity index (χ1n) is 8.37. The molecule has 120 valence electrons. The third-order valence-corrected chi connectivity index (χ3v) is 4.32. The summed E-state index contributed by atoms with van der Waals surface area (Å²) in [5.41, 5.74) is 2.52. The Labute approximate surface area is 137 Å². The number of piperidine rings is 1. The molecule has 0 bridgehead atoms. The fraction of sp³-hybridized carbons (Fsp3) is 0.368. The number of anilines is 2. The smallest absolute Gasteiger partial charge is 0.276 e. The standard InChI is InChI=1S/C19H23N3O/c1-2-22(16-9-5-3-6-10-16)19(23)18-12-11-17(15-20-18)21-13-7-4-8-14-21/h3,5-6,9-12,15H,2,4,7-8,13-14H2,1H3. The van der Waals surface area contributed by atoms with Crippen LogP contribution in [0.5, 0.6) is 0 Å². The van der Waals surface area contributed by atoms with Gasteiger partial charge in [-0.1, -0.05) is 18.2 Å². The molecule has 4 heteroatoms. The molecule has 2 heterocycles. The van der Waals surface area contributed by atoms with Crippen LogP contribution in [0.15, 0.2) is 48.7 Å². The van der Waals surface area contributed by atoms with Gasteiger partial charge in [0.15, 0.2) is 0 Å². The minimum Gasteiger partial charge on any atom is -0.370 e. The lowest BCUT2D eigenvalue weighted by Crippen LogP contribution is -2.32. The first-order valence-corrected chi connectivity index (χ1v) is 8.37. The highest BCUT2D eigenvalue weighted by Crippen LogP contribution is 2.20. The minimum absolute atomic E-state index is 0.0519. The summed E-state index contributed by atoms with van der Waals surface area (Å²) >= 11 is 0. The maximum atomic E-state index is 12.7. The van der Waals surface area contributed by atoms with Crippen LogP contribution in [-0.2, 0) is 0 Å². The molecule has 0 atom stereocenters. The van der Waals surface area contributed by atoms with Gasteiger partial charge in [-0.3, -0.25) is 4.79 Å². The van der Waals surface area contributed by atoms with Gasteiger partial charge in [-0.25, -0.2) is 4.98 Å². The van der Waals surface area contributed by atoms with E-state index in [1.165, 1.54) is 19.3 Å². The molecule has 23 heavy (non-hydrogen) atoms. The molecule has 1 aromatic heterocycles. The number of pyridine rings is 1. The number of rotatable bonds is 4. The molecule has 4 nitrogen and oxygen atoms in total. The van der Waals surface area contributed by atoms with Gasteiger partial charge in [0.05, 0.1) is 11.9 Å². The van der Waals surface area contributed by atoms with Crippen molar-refractivity contribution < 1.29 is 4.79 Å². The van der Waals surface area contributed by atoms with Crippen LogP contribution >= 0.6 is 0 Å². The molecule has 0 radical (unpaired) electrons. The molecule has 1 fully saturated rings. The zero-order chi connectivity index (χ0) is 16.1. The molecule has 1 amide bonds. The normalized spacial score (nSPS) is 14.6. The molecule has 0 saturated carbocycles. The second kappa shape index (κ2) is 7.27.